The third kappa shape index (κ3) is 4.75. The highest BCUT2D eigenvalue weighted by atomic mass is 32.2. The van der Waals surface area contributed by atoms with Gasteiger partial charge in [-0.25, -0.2) is 18.1 Å². The van der Waals surface area contributed by atoms with Crippen LogP contribution in [0, 0.1) is 13.8 Å². The summed E-state index contributed by atoms with van der Waals surface area (Å²) in [5.41, 5.74) is 3.89. The van der Waals surface area contributed by atoms with Gasteiger partial charge >= 0.3 is 0 Å². The number of anilines is 1. The van der Waals surface area contributed by atoms with Crippen LogP contribution in [0.4, 0.5) is 5.95 Å². The molecular formula is C27H25N7O5S. The molecule has 0 radical (unpaired) electrons. The van der Waals surface area contributed by atoms with Gasteiger partial charge in [-0.05, 0) is 37.1 Å². The first-order valence-electron chi connectivity index (χ1n) is 12.5. The molecule has 0 atom stereocenters. The summed E-state index contributed by atoms with van der Waals surface area (Å²) in [7, 11) is -2.37. The van der Waals surface area contributed by atoms with Crippen LogP contribution in [0.5, 0.6) is 5.88 Å². The van der Waals surface area contributed by atoms with Crippen molar-refractivity contribution in [2.45, 2.75) is 24.8 Å². The second-order valence-corrected chi connectivity index (χ2v) is 11.3. The number of carbonyl (C=O) groups excluding carboxylic acids is 1. The van der Waals surface area contributed by atoms with E-state index >= 15 is 0 Å². The van der Waals surface area contributed by atoms with E-state index in [1.807, 2.05) is 44.2 Å². The summed E-state index contributed by atoms with van der Waals surface area (Å²) in [6.45, 7) is 4.50. The number of likely N-dealkylation sites (tertiary alicyclic amines) is 1. The molecule has 1 aliphatic heterocycles. The number of hydrogen-bond donors (Lipinski definition) is 1. The lowest BCUT2D eigenvalue weighted by Gasteiger charge is -2.38. The van der Waals surface area contributed by atoms with Gasteiger partial charge in [-0.3, -0.25) is 9.48 Å². The number of amides is 1. The minimum absolute atomic E-state index is 0.0216. The minimum Gasteiger partial charge on any atom is -0.470 e. The van der Waals surface area contributed by atoms with Crippen LogP contribution < -0.4 is 9.46 Å². The molecule has 13 heteroatoms. The summed E-state index contributed by atoms with van der Waals surface area (Å²) >= 11 is 0. The molecule has 0 aliphatic carbocycles. The van der Waals surface area contributed by atoms with E-state index in [4.69, 9.17) is 9.26 Å². The summed E-state index contributed by atoms with van der Waals surface area (Å²) < 4.78 is 41.2. The van der Waals surface area contributed by atoms with Crippen LogP contribution in [-0.4, -0.2) is 63.3 Å². The molecule has 0 spiro atoms. The molecule has 6 rings (SSSR count). The Kier molecular flexibility index (Phi) is 6.22. The quantitative estimate of drug-likeness (QED) is 0.317. The first kappa shape index (κ1) is 25.5. The number of fused-ring (bicyclic) bond motifs is 1. The first-order chi connectivity index (χ1) is 19.2. The predicted octanol–water partition coefficient (Wildman–Crippen LogP) is 3.34. The fraction of sp³-hybridized carbons (Fsp3) is 0.222. The fourth-order valence-corrected chi connectivity index (χ4v) is 5.56. The van der Waals surface area contributed by atoms with Crippen molar-refractivity contribution in [3.63, 3.8) is 0 Å². The molecular weight excluding hydrogens is 534 g/mol. The number of hydrogen-bond acceptors (Lipinski definition) is 9. The van der Waals surface area contributed by atoms with E-state index in [-0.39, 0.29) is 34.5 Å². The number of aryl methyl sites for hydroxylation is 3. The van der Waals surface area contributed by atoms with Crippen molar-refractivity contribution in [1.29, 1.82) is 0 Å². The molecule has 1 amide bonds. The fourth-order valence-electron chi connectivity index (χ4n) is 4.63. The third-order valence-electron chi connectivity index (χ3n) is 6.66. The number of aromatic nitrogens is 5. The summed E-state index contributed by atoms with van der Waals surface area (Å²) in [6, 6.07) is 14.7. The smallest absolute Gasteiger partial charge is 0.293 e. The molecule has 204 valence electrons. The van der Waals surface area contributed by atoms with E-state index in [9.17, 15) is 13.2 Å². The normalized spacial score (nSPS) is 13.8. The number of nitrogens with zero attached hydrogens (tertiary/aromatic N) is 6. The Morgan fingerprint density at radius 2 is 1.82 bits per heavy atom. The zero-order chi connectivity index (χ0) is 28.0. The number of benzene rings is 2. The summed E-state index contributed by atoms with van der Waals surface area (Å²) in [6.07, 6.45) is 2.26. The molecule has 40 heavy (non-hydrogen) atoms. The lowest BCUT2D eigenvalue weighted by molar-refractivity contribution is 0.0134. The predicted molar refractivity (Wildman–Crippen MR) is 145 cm³/mol. The topological polar surface area (TPSA) is 145 Å². The number of rotatable bonds is 7. The number of ether oxygens (including phenoxy) is 1. The first-order valence-corrected chi connectivity index (χ1v) is 13.9. The van der Waals surface area contributed by atoms with Crippen molar-refractivity contribution in [2.75, 3.05) is 17.8 Å². The van der Waals surface area contributed by atoms with Crippen LogP contribution in [0.1, 0.15) is 21.7 Å². The van der Waals surface area contributed by atoms with Crippen molar-refractivity contribution < 1.29 is 22.5 Å². The highest BCUT2D eigenvalue weighted by Gasteiger charge is 2.36. The summed E-state index contributed by atoms with van der Waals surface area (Å²) in [5.74, 6) is -0.0592. The Morgan fingerprint density at radius 1 is 1.07 bits per heavy atom. The molecule has 4 heterocycles. The highest BCUT2D eigenvalue weighted by Crippen LogP contribution is 2.30. The van der Waals surface area contributed by atoms with E-state index in [1.54, 1.807) is 30.1 Å². The highest BCUT2D eigenvalue weighted by molar-refractivity contribution is 7.92. The van der Waals surface area contributed by atoms with E-state index in [1.165, 1.54) is 17.1 Å². The van der Waals surface area contributed by atoms with Gasteiger partial charge in [-0.15, -0.1) is 0 Å². The monoisotopic (exact) mass is 559 g/mol. The van der Waals surface area contributed by atoms with Crippen LogP contribution in [0.3, 0.4) is 0 Å². The van der Waals surface area contributed by atoms with Crippen LogP contribution in [0.25, 0.3) is 22.2 Å². The van der Waals surface area contributed by atoms with Gasteiger partial charge in [0, 0.05) is 24.9 Å². The molecule has 3 aromatic heterocycles. The van der Waals surface area contributed by atoms with Gasteiger partial charge in [0.1, 0.15) is 16.5 Å². The van der Waals surface area contributed by atoms with Crippen LogP contribution in [0.15, 0.2) is 70.3 Å². The molecule has 1 N–H and O–H groups in total. The number of sulfonamides is 1. The van der Waals surface area contributed by atoms with Crippen LogP contribution >= 0.6 is 0 Å². The van der Waals surface area contributed by atoms with Crippen molar-refractivity contribution in [1.82, 2.24) is 29.8 Å². The van der Waals surface area contributed by atoms with E-state index < -0.39 is 10.0 Å². The Bertz CT molecular complexity index is 1840. The van der Waals surface area contributed by atoms with Gasteiger partial charge in [-0.1, -0.05) is 35.5 Å². The average molecular weight is 560 g/mol. The van der Waals surface area contributed by atoms with Crippen molar-refractivity contribution >= 4 is 32.8 Å². The third-order valence-corrected chi connectivity index (χ3v) is 7.94. The van der Waals surface area contributed by atoms with Gasteiger partial charge < -0.3 is 14.2 Å². The largest absolute Gasteiger partial charge is 0.470 e. The lowest BCUT2D eigenvalue weighted by atomic mass is 10.00. The second-order valence-electron chi connectivity index (χ2n) is 9.62. The van der Waals surface area contributed by atoms with Crippen molar-refractivity contribution in [3.05, 3.63) is 77.8 Å². The maximum Gasteiger partial charge on any atom is 0.293 e. The average Bonchev–Trinajstić information content (AvgIpc) is 3.52. The van der Waals surface area contributed by atoms with E-state index in [2.05, 4.69) is 24.9 Å². The molecule has 1 fully saturated rings. The van der Waals surface area contributed by atoms with Crippen molar-refractivity contribution in [2.24, 2.45) is 7.05 Å². The molecule has 0 bridgehead atoms. The second kappa shape index (κ2) is 9.75. The van der Waals surface area contributed by atoms with Crippen LogP contribution in [0.2, 0.25) is 0 Å². The minimum atomic E-state index is -3.99. The van der Waals surface area contributed by atoms with E-state index in [0.29, 0.717) is 29.7 Å². The summed E-state index contributed by atoms with van der Waals surface area (Å²) in [5, 5.41) is 8.53. The zero-order valence-electron chi connectivity index (χ0n) is 21.9. The Labute approximate surface area is 229 Å². The molecule has 5 aromatic rings. The van der Waals surface area contributed by atoms with Crippen LogP contribution in [-0.2, 0) is 17.1 Å². The Hall–Kier alpha value is -4.78. The number of nitrogens with one attached hydrogen (secondary N) is 1. The van der Waals surface area contributed by atoms with E-state index in [0.717, 1.165) is 16.7 Å². The molecule has 1 saturated heterocycles. The van der Waals surface area contributed by atoms with Gasteiger partial charge in [0.2, 0.25) is 17.6 Å². The molecule has 0 saturated carbocycles. The Balaban J connectivity index is 1.26. The summed E-state index contributed by atoms with van der Waals surface area (Å²) in [4.78, 5) is 23.4. The Morgan fingerprint density at radius 3 is 2.55 bits per heavy atom. The maximum atomic E-state index is 13.0. The lowest BCUT2D eigenvalue weighted by Crippen LogP contribution is -2.56. The van der Waals surface area contributed by atoms with Gasteiger partial charge in [0.15, 0.2) is 0 Å². The standard InChI is InChI=1S/C27H25N7O5S/c1-16-7-6-8-17(2)24(16)22-11-23(30-27(29-22)32-40(36,37)19-12-28-33(3)15-19)38-18-13-34(14-18)26(35)25-20-9-4-5-10-21(20)31-39-25/h4-12,15,18H,13-14H2,1-3H3,(H,29,30,32). The number of carbonyl (C=O) groups is 1. The van der Waals surface area contributed by atoms with Gasteiger partial charge in [0.25, 0.3) is 15.9 Å². The van der Waals surface area contributed by atoms with Crippen molar-refractivity contribution in [3.8, 4) is 17.1 Å². The van der Waals surface area contributed by atoms with Gasteiger partial charge in [0.05, 0.1) is 30.4 Å². The molecule has 2 aromatic carbocycles. The molecule has 1 aliphatic rings. The SMILES string of the molecule is Cc1cccc(C)c1-c1cc(OC2CN(C(=O)c3onc4ccccc34)C2)nc(NS(=O)(=O)c2cnn(C)c2)n1. The zero-order valence-corrected chi connectivity index (χ0v) is 22.7. The molecule has 0 unspecified atom stereocenters. The maximum absolute atomic E-state index is 13.0. The van der Waals surface area contributed by atoms with Gasteiger partial charge in [-0.2, -0.15) is 10.1 Å². The molecule has 12 nitrogen and oxygen atoms in total.